The normalized spacial score (nSPS) is 25.0. The predicted molar refractivity (Wildman–Crippen MR) is 53.5 cm³/mol. The zero-order chi connectivity index (χ0) is 10.2. The van der Waals surface area contributed by atoms with Gasteiger partial charge in [0.1, 0.15) is 5.69 Å². The van der Waals surface area contributed by atoms with Crippen LogP contribution in [0, 0.1) is 0 Å². The van der Waals surface area contributed by atoms with E-state index in [0.29, 0.717) is 18.4 Å². The van der Waals surface area contributed by atoms with Gasteiger partial charge in [0, 0.05) is 11.3 Å². The first-order chi connectivity index (χ1) is 6.61. The molecule has 4 nitrogen and oxygen atoms in total. The topological polar surface area (TPSA) is 64.1 Å². The average Bonchev–Trinajstić information content (AvgIpc) is 2.70. The van der Waals surface area contributed by atoms with Crippen LogP contribution in [0.4, 0.5) is 0 Å². The van der Waals surface area contributed by atoms with Crippen LogP contribution in [0.15, 0.2) is 5.38 Å². The Labute approximate surface area is 85.9 Å². The van der Waals surface area contributed by atoms with Crippen molar-refractivity contribution in [2.45, 2.75) is 12.3 Å². The van der Waals surface area contributed by atoms with Crippen LogP contribution < -0.4 is 0 Å². The number of aromatic nitrogens is 1. The average molecular weight is 231 g/mol. The van der Waals surface area contributed by atoms with Gasteiger partial charge in [0.2, 0.25) is 0 Å². The summed E-state index contributed by atoms with van der Waals surface area (Å²) in [5.74, 6) is 0.422. The molecule has 0 radical (unpaired) electrons. The number of hydrogen-bond acceptors (Lipinski definition) is 5. The van der Waals surface area contributed by atoms with E-state index in [1.165, 1.54) is 11.3 Å². The largest absolute Gasteiger partial charge is 0.296 e. The molecule has 2 rings (SSSR count). The van der Waals surface area contributed by atoms with Gasteiger partial charge >= 0.3 is 0 Å². The summed E-state index contributed by atoms with van der Waals surface area (Å²) < 4.78 is 22.4. The predicted octanol–water partition coefficient (Wildman–Crippen LogP) is 0.858. The molecule has 0 aromatic carbocycles. The molecule has 1 unspecified atom stereocenters. The Morgan fingerprint density at radius 1 is 1.57 bits per heavy atom. The Morgan fingerprint density at radius 3 is 2.86 bits per heavy atom. The van der Waals surface area contributed by atoms with Crippen LogP contribution in [-0.4, -0.2) is 31.2 Å². The smallest absolute Gasteiger partial charge is 0.169 e. The van der Waals surface area contributed by atoms with E-state index in [9.17, 15) is 13.2 Å². The second-order valence-corrected chi connectivity index (χ2v) is 6.45. The van der Waals surface area contributed by atoms with Gasteiger partial charge in [-0.3, -0.25) is 4.79 Å². The summed E-state index contributed by atoms with van der Waals surface area (Å²) in [6, 6.07) is 0. The Balaban J connectivity index is 2.21. The van der Waals surface area contributed by atoms with Crippen molar-refractivity contribution in [1.82, 2.24) is 4.98 Å². The molecule has 1 aromatic rings. The minimum atomic E-state index is -2.86. The van der Waals surface area contributed by atoms with E-state index in [4.69, 9.17) is 0 Å². The van der Waals surface area contributed by atoms with Crippen LogP contribution in [0.25, 0.3) is 0 Å². The molecule has 1 fully saturated rings. The van der Waals surface area contributed by atoms with Crippen molar-refractivity contribution >= 4 is 27.5 Å². The molecular formula is C8H9NO3S2. The van der Waals surface area contributed by atoms with Crippen LogP contribution in [-0.2, 0) is 9.84 Å². The van der Waals surface area contributed by atoms with Crippen molar-refractivity contribution in [3.05, 3.63) is 16.1 Å². The van der Waals surface area contributed by atoms with E-state index in [-0.39, 0.29) is 17.4 Å². The molecule has 1 aromatic heterocycles. The lowest BCUT2D eigenvalue weighted by atomic mass is 10.1. The standard InChI is InChI=1S/C8H9NO3S2/c10-3-7-4-13-8(9-7)6-1-2-14(11,12)5-6/h3-4,6H,1-2,5H2. The number of aldehydes is 1. The van der Waals surface area contributed by atoms with Crippen LogP contribution >= 0.6 is 11.3 Å². The first kappa shape index (κ1) is 9.79. The second-order valence-electron chi connectivity index (χ2n) is 3.33. The number of thiazole rings is 1. The van der Waals surface area contributed by atoms with Gasteiger partial charge in [0.05, 0.1) is 16.5 Å². The Bertz CT molecular complexity index is 449. The number of carbonyl (C=O) groups is 1. The van der Waals surface area contributed by atoms with Gasteiger partial charge in [0.15, 0.2) is 16.1 Å². The zero-order valence-electron chi connectivity index (χ0n) is 7.34. The molecule has 76 valence electrons. The highest BCUT2D eigenvalue weighted by atomic mass is 32.2. The number of sulfone groups is 1. The van der Waals surface area contributed by atoms with E-state index >= 15 is 0 Å². The molecule has 1 atom stereocenters. The third-order valence-corrected chi connectivity index (χ3v) is 5.04. The summed E-state index contributed by atoms with van der Waals surface area (Å²) in [5.41, 5.74) is 0.397. The fourth-order valence-electron chi connectivity index (χ4n) is 1.53. The Morgan fingerprint density at radius 2 is 2.36 bits per heavy atom. The highest BCUT2D eigenvalue weighted by molar-refractivity contribution is 7.91. The van der Waals surface area contributed by atoms with Crippen molar-refractivity contribution in [2.24, 2.45) is 0 Å². The van der Waals surface area contributed by atoms with Crippen LogP contribution in [0.2, 0.25) is 0 Å². The Kier molecular flexibility index (Phi) is 2.40. The van der Waals surface area contributed by atoms with Gasteiger partial charge < -0.3 is 0 Å². The summed E-state index contributed by atoms with van der Waals surface area (Å²) in [6.45, 7) is 0. The van der Waals surface area contributed by atoms with Gasteiger partial charge in [-0.05, 0) is 6.42 Å². The summed E-state index contributed by atoms with van der Waals surface area (Å²) in [4.78, 5) is 14.5. The fourth-order valence-corrected chi connectivity index (χ4v) is 4.29. The fraction of sp³-hybridized carbons (Fsp3) is 0.500. The maximum atomic E-state index is 11.2. The first-order valence-corrected chi connectivity index (χ1v) is 6.92. The quantitative estimate of drug-likeness (QED) is 0.708. The lowest BCUT2D eigenvalue weighted by Crippen LogP contribution is -2.03. The molecule has 2 heterocycles. The highest BCUT2D eigenvalue weighted by Gasteiger charge is 2.30. The molecule has 1 saturated heterocycles. The van der Waals surface area contributed by atoms with Crippen LogP contribution in [0.1, 0.15) is 27.8 Å². The highest BCUT2D eigenvalue weighted by Crippen LogP contribution is 2.30. The van der Waals surface area contributed by atoms with Crippen LogP contribution in [0.3, 0.4) is 0 Å². The second kappa shape index (κ2) is 3.43. The van der Waals surface area contributed by atoms with Gasteiger partial charge in [-0.25, -0.2) is 13.4 Å². The molecule has 1 aliphatic heterocycles. The summed E-state index contributed by atoms with van der Waals surface area (Å²) in [6.07, 6.45) is 1.32. The minimum absolute atomic E-state index is 0.00120. The van der Waals surface area contributed by atoms with E-state index in [1.807, 2.05) is 0 Å². The maximum absolute atomic E-state index is 11.2. The third-order valence-electron chi connectivity index (χ3n) is 2.24. The summed E-state index contributed by atoms with van der Waals surface area (Å²) in [7, 11) is -2.86. The number of carbonyl (C=O) groups excluding carboxylic acids is 1. The monoisotopic (exact) mass is 231 g/mol. The summed E-state index contributed by atoms with van der Waals surface area (Å²) in [5, 5.41) is 2.43. The van der Waals surface area contributed by atoms with Crippen molar-refractivity contribution in [2.75, 3.05) is 11.5 Å². The molecule has 0 bridgehead atoms. The molecule has 0 N–H and O–H groups in total. The summed E-state index contributed by atoms with van der Waals surface area (Å²) >= 11 is 1.37. The third kappa shape index (κ3) is 1.85. The van der Waals surface area contributed by atoms with Crippen molar-refractivity contribution in [3.8, 4) is 0 Å². The minimum Gasteiger partial charge on any atom is -0.296 e. The first-order valence-electron chi connectivity index (χ1n) is 4.22. The lowest BCUT2D eigenvalue weighted by molar-refractivity contribution is 0.111. The number of hydrogen-bond donors (Lipinski definition) is 0. The van der Waals surface area contributed by atoms with Crippen LogP contribution in [0.5, 0.6) is 0 Å². The zero-order valence-corrected chi connectivity index (χ0v) is 8.97. The van der Waals surface area contributed by atoms with Gasteiger partial charge in [0.25, 0.3) is 0 Å². The molecule has 0 spiro atoms. The molecule has 1 aliphatic rings. The van der Waals surface area contributed by atoms with E-state index in [2.05, 4.69) is 4.98 Å². The van der Waals surface area contributed by atoms with E-state index in [0.717, 1.165) is 5.01 Å². The molecular weight excluding hydrogens is 222 g/mol. The van der Waals surface area contributed by atoms with Crippen molar-refractivity contribution < 1.29 is 13.2 Å². The van der Waals surface area contributed by atoms with Gasteiger partial charge in [-0.15, -0.1) is 11.3 Å². The van der Waals surface area contributed by atoms with Crippen molar-refractivity contribution in [3.63, 3.8) is 0 Å². The number of nitrogens with zero attached hydrogens (tertiary/aromatic N) is 1. The SMILES string of the molecule is O=Cc1csc(C2CCS(=O)(=O)C2)n1. The van der Waals surface area contributed by atoms with E-state index < -0.39 is 9.84 Å². The lowest BCUT2D eigenvalue weighted by Gasteiger charge is -2.00. The van der Waals surface area contributed by atoms with Gasteiger partial charge in [-0.2, -0.15) is 0 Å². The number of rotatable bonds is 2. The molecule has 0 saturated carbocycles. The van der Waals surface area contributed by atoms with E-state index in [1.54, 1.807) is 5.38 Å². The maximum Gasteiger partial charge on any atom is 0.169 e. The van der Waals surface area contributed by atoms with Crippen molar-refractivity contribution in [1.29, 1.82) is 0 Å². The Hall–Kier alpha value is -0.750. The molecule has 6 heteroatoms. The molecule has 0 aliphatic carbocycles. The molecule has 14 heavy (non-hydrogen) atoms. The molecule has 0 amide bonds. The van der Waals surface area contributed by atoms with Gasteiger partial charge in [-0.1, -0.05) is 0 Å².